The van der Waals surface area contributed by atoms with Crippen molar-refractivity contribution in [3.05, 3.63) is 17.9 Å². The van der Waals surface area contributed by atoms with Gasteiger partial charge in [-0.25, -0.2) is 0 Å². The number of anilines is 1. The van der Waals surface area contributed by atoms with Gasteiger partial charge in [-0.3, -0.25) is 4.79 Å². The summed E-state index contributed by atoms with van der Waals surface area (Å²) in [5, 5.41) is 3.10. The predicted molar refractivity (Wildman–Crippen MR) is 56.6 cm³/mol. The highest BCUT2D eigenvalue weighted by Gasteiger charge is 2.14. The van der Waals surface area contributed by atoms with E-state index in [1.165, 1.54) is 0 Å². The van der Waals surface area contributed by atoms with Crippen molar-refractivity contribution in [2.24, 2.45) is 5.92 Å². The zero-order valence-corrected chi connectivity index (χ0v) is 9.13. The van der Waals surface area contributed by atoms with Crippen LogP contribution in [0.1, 0.15) is 38.2 Å². The molecule has 78 valence electrons. The Morgan fingerprint density at radius 3 is 2.43 bits per heavy atom. The fourth-order valence-corrected chi connectivity index (χ4v) is 1.12. The van der Waals surface area contributed by atoms with E-state index in [1.54, 1.807) is 12.1 Å². The molecule has 0 atom stereocenters. The molecule has 0 unspecified atom stereocenters. The van der Waals surface area contributed by atoms with Crippen LogP contribution in [0.25, 0.3) is 0 Å². The lowest BCUT2D eigenvalue weighted by atomic mass is 10.1. The van der Waals surface area contributed by atoms with E-state index in [9.17, 15) is 4.79 Å². The first-order valence-corrected chi connectivity index (χ1v) is 4.91. The Kier molecular flexibility index (Phi) is 3.33. The highest BCUT2D eigenvalue weighted by molar-refractivity contribution is 5.95. The maximum Gasteiger partial charge on any atom is 0.200 e. The second kappa shape index (κ2) is 4.31. The molecule has 1 aromatic heterocycles. The Morgan fingerprint density at radius 1 is 1.29 bits per heavy atom. The predicted octanol–water partition coefficient (Wildman–Crippen LogP) is 2.94. The lowest BCUT2D eigenvalue weighted by Gasteiger charge is -2.05. The Balaban J connectivity index is 2.73. The van der Waals surface area contributed by atoms with Crippen molar-refractivity contribution in [1.82, 2.24) is 0 Å². The molecule has 0 radical (unpaired) electrons. The zero-order chi connectivity index (χ0) is 10.7. The first kappa shape index (κ1) is 10.8. The summed E-state index contributed by atoms with van der Waals surface area (Å²) in [6.07, 6.45) is 0. The monoisotopic (exact) mass is 195 g/mol. The van der Waals surface area contributed by atoms with Crippen molar-refractivity contribution in [2.45, 2.75) is 33.7 Å². The molecule has 0 fully saturated rings. The Bertz CT molecular complexity index is 313. The van der Waals surface area contributed by atoms with Crippen LogP contribution in [-0.2, 0) is 0 Å². The third-order valence-corrected chi connectivity index (χ3v) is 1.80. The summed E-state index contributed by atoms with van der Waals surface area (Å²) in [7, 11) is 0. The molecule has 0 saturated carbocycles. The van der Waals surface area contributed by atoms with Gasteiger partial charge in [0.15, 0.2) is 11.6 Å². The van der Waals surface area contributed by atoms with Crippen molar-refractivity contribution >= 4 is 11.7 Å². The van der Waals surface area contributed by atoms with Crippen LogP contribution < -0.4 is 5.32 Å². The van der Waals surface area contributed by atoms with Gasteiger partial charge >= 0.3 is 0 Å². The third kappa shape index (κ3) is 2.62. The minimum atomic E-state index is -0.0203. The van der Waals surface area contributed by atoms with E-state index in [2.05, 4.69) is 5.32 Å². The molecule has 1 rings (SSSR count). The van der Waals surface area contributed by atoms with Crippen LogP contribution in [0.4, 0.5) is 5.88 Å². The van der Waals surface area contributed by atoms with E-state index in [1.807, 2.05) is 27.7 Å². The number of hydrogen-bond donors (Lipinski definition) is 1. The van der Waals surface area contributed by atoms with Gasteiger partial charge in [0.25, 0.3) is 0 Å². The highest BCUT2D eigenvalue weighted by atomic mass is 16.4. The fourth-order valence-electron chi connectivity index (χ4n) is 1.12. The molecule has 1 aromatic rings. The number of hydrogen-bond acceptors (Lipinski definition) is 3. The average molecular weight is 195 g/mol. The quantitative estimate of drug-likeness (QED) is 0.751. The third-order valence-electron chi connectivity index (χ3n) is 1.80. The molecule has 0 aliphatic rings. The van der Waals surface area contributed by atoms with Gasteiger partial charge in [0.2, 0.25) is 5.78 Å². The summed E-state index contributed by atoms with van der Waals surface area (Å²) < 4.78 is 5.36. The van der Waals surface area contributed by atoms with Crippen LogP contribution in [0.2, 0.25) is 0 Å². The smallest absolute Gasteiger partial charge is 0.200 e. The number of rotatable bonds is 4. The molecule has 0 bridgehead atoms. The molecule has 3 nitrogen and oxygen atoms in total. The van der Waals surface area contributed by atoms with Crippen molar-refractivity contribution in [3.8, 4) is 0 Å². The summed E-state index contributed by atoms with van der Waals surface area (Å²) in [5.74, 6) is 1.11. The maximum atomic E-state index is 11.5. The van der Waals surface area contributed by atoms with Gasteiger partial charge in [-0.05, 0) is 19.9 Å². The average Bonchev–Trinajstić information content (AvgIpc) is 2.50. The van der Waals surface area contributed by atoms with E-state index < -0.39 is 0 Å². The maximum absolute atomic E-state index is 11.5. The fraction of sp³-hybridized carbons (Fsp3) is 0.545. The molecule has 14 heavy (non-hydrogen) atoms. The molecule has 0 spiro atoms. The van der Waals surface area contributed by atoms with E-state index in [4.69, 9.17) is 4.42 Å². The number of Topliss-reactive ketones (excluding diaryl/α,β-unsaturated/α-hetero) is 1. The Morgan fingerprint density at radius 2 is 1.93 bits per heavy atom. The van der Waals surface area contributed by atoms with Gasteiger partial charge in [0.1, 0.15) is 0 Å². The van der Waals surface area contributed by atoms with Crippen LogP contribution in [0.5, 0.6) is 0 Å². The van der Waals surface area contributed by atoms with Crippen LogP contribution in [0.15, 0.2) is 16.5 Å². The lowest BCUT2D eigenvalue weighted by molar-refractivity contribution is 0.0912. The minimum absolute atomic E-state index is 0.0203. The highest BCUT2D eigenvalue weighted by Crippen LogP contribution is 2.17. The van der Waals surface area contributed by atoms with E-state index in [0.29, 0.717) is 17.7 Å². The van der Waals surface area contributed by atoms with Crippen LogP contribution in [0.3, 0.4) is 0 Å². The minimum Gasteiger partial charge on any atom is -0.438 e. The van der Waals surface area contributed by atoms with Crippen LogP contribution in [-0.4, -0.2) is 11.8 Å². The van der Waals surface area contributed by atoms with Crippen molar-refractivity contribution in [2.75, 3.05) is 5.32 Å². The van der Waals surface area contributed by atoms with Gasteiger partial charge in [-0.1, -0.05) is 13.8 Å². The largest absolute Gasteiger partial charge is 0.438 e. The number of carbonyl (C=O) groups is 1. The van der Waals surface area contributed by atoms with Crippen molar-refractivity contribution < 1.29 is 9.21 Å². The number of ketones is 1. The molecule has 1 N–H and O–H groups in total. The topological polar surface area (TPSA) is 42.2 Å². The van der Waals surface area contributed by atoms with Gasteiger partial charge in [0, 0.05) is 18.0 Å². The Hall–Kier alpha value is -1.25. The molecule has 0 amide bonds. The molecule has 0 saturated heterocycles. The van der Waals surface area contributed by atoms with Crippen LogP contribution in [0, 0.1) is 5.92 Å². The second-order valence-corrected chi connectivity index (χ2v) is 3.98. The van der Waals surface area contributed by atoms with Gasteiger partial charge < -0.3 is 9.73 Å². The van der Waals surface area contributed by atoms with Crippen molar-refractivity contribution in [3.63, 3.8) is 0 Å². The molecule has 0 aliphatic carbocycles. The molecule has 1 heterocycles. The zero-order valence-electron chi connectivity index (χ0n) is 9.13. The number of furan rings is 1. The van der Waals surface area contributed by atoms with Crippen LogP contribution >= 0.6 is 0 Å². The van der Waals surface area contributed by atoms with Gasteiger partial charge in [-0.2, -0.15) is 0 Å². The summed E-state index contributed by atoms with van der Waals surface area (Å²) in [4.78, 5) is 11.5. The first-order valence-electron chi connectivity index (χ1n) is 4.91. The first-order chi connectivity index (χ1) is 6.50. The van der Waals surface area contributed by atoms with Gasteiger partial charge in [-0.15, -0.1) is 0 Å². The number of carbonyl (C=O) groups excluding carboxylic acids is 1. The SMILES string of the molecule is CC(C)Nc1ccc(C(=O)C(C)C)o1. The molecular formula is C11H17NO2. The van der Waals surface area contributed by atoms with E-state index in [-0.39, 0.29) is 11.7 Å². The number of nitrogens with one attached hydrogen (secondary N) is 1. The standard InChI is InChI=1S/C11H17NO2/c1-7(2)11(13)9-5-6-10(14-9)12-8(3)4/h5-8,12H,1-4H3. The molecule has 0 aromatic carbocycles. The Labute approximate surface area is 84.5 Å². The molecule has 0 aliphatic heterocycles. The summed E-state index contributed by atoms with van der Waals surface area (Å²) in [6, 6.07) is 3.81. The van der Waals surface area contributed by atoms with Gasteiger partial charge in [0.05, 0.1) is 0 Å². The van der Waals surface area contributed by atoms with E-state index >= 15 is 0 Å². The molecular weight excluding hydrogens is 178 g/mol. The second-order valence-electron chi connectivity index (χ2n) is 3.98. The normalized spacial score (nSPS) is 11.0. The summed E-state index contributed by atoms with van der Waals surface area (Å²) >= 11 is 0. The summed E-state index contributed by atoms with van der Waals surface area (Å²) in [6.45, 7) is 7.76. The van der Waals surface area contributed by atoms with Crippen molar-refractivity contribution in [1.29, 1.82) is 0 Å². The summed E-state index contributed by atoms with van der Waals surface area (Å²) in [5.41, 5.74) is 0. The molecule has 3 heteroatoms. The van der Waals surface area contributed by atoms with E-state index in [0.717, 1.165) is 0 Å². The lowest BCUT2D eigenvalue weighted by Crippen LogP contribution is -2.09.